The molecule has 1 saturated carbocycles. The molecule has 2 spiro atoms. The van der Waals surface area contributed by atoms with Crippen molar-refractivity contribution in [2.45, 2.75) is 82.3 Å². The number of hydrogen-bond donors (Lipinski definition) is 2. The second-order valence-electron chi connectivity index (χ2n) is 12.0. The van der Waals surface area contributed by atoms with Crippen LogP contribution < -0.4 is 0 Å². The van der Waals surface area contributed by atoms with Crippen LogP contribution in [0.25, 0.3) is 6.08 Å². The molecule has 3 heterocycles. The first kappa shape index (κ1) is 23.4. The van der Waals surface area contributed by atoms with Crippen LogP contribution in [0.15, 0.2) is 58.9 Å². The Hall–Kier alpha value is -2.05. The van der Waals surface area contributed by atoms with Gasteiger partial charge in [0.1, 0.15) is 6.10 Å². The first-order valence-electron chi connectivity index (χ1n) is 13.1. The number of aromatic nitrogens is 1. The van der Waals surface area contributed by atoms with E-state index in [1.54, 1.807) is 0 Å². The summed E-state index contributed by atoms with van der Waals surface area (Å²) in [5.41, 5.74) is 6.30. The van der Waals surface area contributed by atoms with Crippen LogP contribution in [0.2, 0.25) is 0 Å². The summed E-state index contributed by atoms with van der Waals surface area (Å²) >= 11 is 0. The molecule has 5 nitrogen and oxygen atoms in total. The maximum atomic E-state index is 11.2. The van der Waals surface area contributed by atoms with Gasteiger partial charge in [0, 0.05) is 29.3 Å². The van der Waals surface area contributed by atoms with Crippen LogP contribution in [0.1, 0.15) is 57.2 Å². The largest absolute Gasteiger partial charge is 0.388 e. The molecule has 1 unspecified atom stereocenters. The minimum absolute atomic E-state index is 0.00478. The molecule has 6 rings (SSSR count). The van der Waals surface area contributed by atoms with Crippen molar-refractivity contribution in [3.63, 3.8) is 0 Å². The third-order valence-corrected chi connectivity index (χ3v) is 9.95. The Morgan fingerprint density at radius 3 is 2.71 bits per heavy atom. The molecule has 5 heteroatoms. The van der Waals surface area contributed by atoms with E-state index in [1.165, 1.54) is 16.7 Å². The van der Waals surface area contributed by atoms with Crippen molar-refractivity contribution in [2.75, 3.05) is 14.1 Å². The van der Waals surface area contributed by atoms with Crippen LogP contribution in [0.5, 0.6) is 0 Å². The summed E-state index contributed by atoms with van der Waals surface area (Å²) in [6.45, 7) is 6.71. The van der Waals surface area contributed by atoms with Gasteiger partial charge in [0.15, 0.2) is 0 Å². The molecule has 0 amide bonds. The van der Waals surface area contributed by atoms with E-state index in [2.05, 4.69) is 56.1 Å². The van der Waals surface area contributed by atoms with Crippen LogP contribution in [0.3, 0.4) is 0 Å². The molecule has 1 saturated heterocycles. The van der Waals surface area contributed by atoms with Crippen molar-refractivity contribution in [2.24, 2.45) is 11.3 Å². The number of aryl methyl sites for hydroxylation is 1. The van der Waals surface area contributed by atoms with E-state index >= 15 is 0 Å². The summed E-state index contributed by atoms with van der Waals surface area (Å²) < 4.78 is 7.27. The lowest BCUT2D eigenvalue weighted by Crippen LogP contribution is -2.62. The fourth-order valence-corrected chi connectivity index (χ4v) is 8.14. The van der Waals surface area contributed by atoms with Crippen LogP contribution in [-0.4, -0.2) is 63.6 Å². The van der Waals surface area contributed by atoms with E-state index in [9.17, 15) is 10.2 Å². The maximum absolute atomic E-state index is 11.2. The van der Waals surface area contributed by atoms with Crippen LogP contribution in [0, 0.1) is 18.3 Å². The number of fused-ring (bicyclic) bond motifs is 1. The van der Waals surface area contributed by atoms with Crippen molar-refractivity contribution in [1.82, 2.24) is 9.88 Å². The lowest BCUT2D eigenvalue weighted by Gasteiger charge is -2.56. The van der Waals surface area contributed by atoms with Gasteiger partial charge in [0.05, 0.1) is 17.3 Å². The molecule has 0 aromatic carbocycles. The highest BCUT2D eigenvalue weighted by molar-refractivity contribution is 5.59. The Morgan fingerprint density at radius 1 is 1.17 bits per heavy atom. The molecule has 1 aromatic rings. The number of allylic oxidation sites excluding steroid dienone is 4. The van der Waals surface area contributed by atoms with E-state index in [0.29, 0.717) is 5.92 Å². The van der Waals surface area contributed by atoms with Gasteiger partial charge in [-0.25, -0.2) is 0 Å². The fourth-order valence-electron chi connectivity index (χ4n) is 8.14. The number of aliphatic hydroxyl groups is 2. The SMILES string of the molecule is CC1=C2C=C3[C@@H](O)[C@H](O)[C@@H](N(C)C)C[C@]34CC[C@]2(O4)C2CC=C(/C=C/c3cccnc3C)[C@@]2(C)C1. The molecule has 35 heavy (non-hydrogen) atoms. The lowest BCUT2D eigenvalue weighted by molar-refractivity contribution is -0.163. The number of aliphatic hydroxyl groups excluding tert-OH is 2. The number of likely N-dealkylation sites (N-methyl/N-ethyl adjacent to an activating group) is 1. The quantitative estimate of drug-likeness (QED) is 0.682. The summed E-state index contributed by atoms with van der Waals surface area (Å²) in [6, 6.07) is 3.99. The van der Waals surface area contributed by atoms with Crippen molar-refractivity contribution in [3.05, 3.63) is 70.1 Å². The molecule has 186 valence electrons. The van der Waals surface area contributed by atoms with Gasteiger partial charge in [0.2, 0.25) is 0 Å². The summed E-state index contributed by atoms with van der Waals surface area (Å²) in [7, 11) is 3.96. The molecule has 2 aliphatic heterocycles. The molecule has 7 atom stereocenters. The van der Waals surface area contributed by atoms with E-state index < -0.39 is 17.8 Å². The highest BCUT2D eigenvalue weighted by Crippen LogP contribution is 2.67. The number of ether oxygens (including phenoxy) is 1. The highest BCUT2D eigenvalue weighted by atomic mass is 16.5. The van der Waals surface area contributed by atoms with Crippen molar-refractivity contribution in [3.8, 4) is 0 Å². The molecule has 0 radical (unpaired) electrons. The van der Waals surface area contributed by atoms with E-state index in [-0.39, 0.29) is 17.1 Å². The maximum Gasteiger partial charge on any atom is 0.105 e. The number of pyridine rings is 1. The second kappa shape index (κ2) is 7.72. The van der Waals surface area contributed by atoms with Gasteiger partial charge in [-0.1, -0.05) is 42.9 Å². The molecule has 5 aliphatic rings. The van der Waals surface area contributed by atoms with Crippen LogP contribution >= 0.6 is 0 Å². The van der Waals surface area contributed by atoms with Crippen molar-refractivity contribution in [1.29, 1.82) is 0 Å². The van der Waals surface area contributed by atoms with Gasteiger partial charge in [-0.2, -0.15) is 0 Å². The summed E-state index contributed by atoms with van der Waals surface area (Å²) in [4.78, 5) is 6.48. The third kappa shape index (κ3) is 3.11. The Bertz CT molecular complexity index is 1200. The molecule has 2 fully saturated rings. The zero-order chi connectivity index (χ0) is 24.8. The van der Waals surface area contributed by atoms with Crippen LogP contribution in [0.4, 0.5) is 0 Å². The zero-order valence-corrected chi connectivity index (χ0v) is 21.6. The van der Waals surface area contributed by atoms with Gasteiger partial charge < -0.3 is 19.8 Å². The van der Waals surface area contributed by atoms with Gasteiger partial charge >= 0.3 is 0 Å². The first-order valence-corrected chi connectivity index (χ1v) is 13.1. The topological polar surface area (TPSA) is 65.8 Å². The standard InChI is InChI=1S/C30H38N2O3/c1-18-16-28(3)21(9-8-20-7-6-14-31-19(20)2)10-11-25(28)30-13-12-29(35-30)17-24(32(4)5)27(34)26(33)23(29)15-22(18)30/h6-10,14-15,24-27,33-34H,11-13,16-17H2,1-5H3/b9-8+/t24-,25?,26+,27+,28+,29+,30+/m0/s1. The summed E-state index contributed by atoms with van der Waals surface area (Å²) in [6.07, 6.45) is 13.9. The summed E-state index contributed by atoms with van der Waals surface area (Å²) in [5, 5.41) is 22.1. The fraction of sp³-hybridized carbons (Fsp3) is 0.567. The zero-order valence-electron chi connectivity index (χ0n) is 21.6. The van der Waals surface area contributed by atoms with Crippen LogP contribution in [-0.2, 0) is 4.74 Å². The number of hydrogen-bond acceptors (Lipinski definition) is 5. The average Bonchev–Trinajstić information content (AvgIpc) is 3.30. The van der Waals surface area contributed by atoms with Crippen molar-refractivity contribution >= 4 is 6.08 Å². The first-order chi connectivity index (χ1) is 16.6. The van der Waals surface area contributed by atoms with E-state index in [4.69, 9.17) is 4.74 Å². The number of rotatable bonds is 3. The normalized spacial score (nSPS) is 42.2. The van der Waals surface area contributed by atoms with E-state index in [1.807, 2.05) is 31.3 Å². The summed E-state index contributed by atoms with van der Waals surface area (Å²) in [5.74, 6) is 0.363. The number of nitrogens with zero attached hydrogens (tertiary/aromatic N) is 2. The smallest absolute Gasteiger partial charge is 0.105 e. The van der Waals surface area contributed by atoms with Gasteiger partial charge in [-0.3, -0.25) is 4.98 Å². The third-order valence-electron chi connectivity index (χ3n) is 9.95. The van der Waals surface area contributed by atoms with E-state index in [0.717, 1.165) is 48.9 Å². The molecule has 3 aliphatic carbocycles. The minimum Gasteiger partial charge on any atom is -0.388 e. The minimum atomic E-state index is -0.885. The molecule has 2 N–H and O–H groups in total. The molecule has 2 bridgehead atoms. The van der Waals surface area contributed by atoms with Gasteiger partial charge in [-0.05, 0) is 88.4 Å². The Morgan fingerprint density at radius 2 is 1.97 bits per heavy atom. The monoisotopic (exact) mass is 474 g/mol. The Balaban J connectivity index is 1.40. The molecular weight excluding hydrogens is 436 g/mol. The highest BCUT2D eigenvalue weighted by Gasteiger charge is 2.67. The Kier molecular flexibility index (Phi) is 5.15. The predicted octanol–water partition coefficient (Wildman–Crippen LogP) is 4.36. The van der Waals surface area contributed by atoms with Gasteiger partial charge in [0.25, 0.3) is 0 Å². The molecule has 1 aromatic heterocycles. The second-order valence-corrected chi connectivity index (χ2v) is 12.0. The predicted molar refractivity (Wildman–Crippen MR) is 138 cm³/mol. The lowest BCUT2D eigenvalue weighted by atomic mass is 9.57. The molecular formula is C30H38N2O3. The Labute approximate surface area is 208 Å². The average molecular weight is 475 g/mol. The van der Waals surface area contributed by atoms with Crippen molar-refractivity contribution < 1.29 is 14.9 Å². The van der Waals surface area contributed by atoms with Gasteiger partial charge in [-0.15, -0.1) is 0 Å².